The van der Waals surface area contributed by atoms with Crippen molar-refractivity contribution < 1.29 is 9.90 Å². The first-order valence-electron chi connectivity index (χ1n) is 4.55. The number of carboxylic acid groups (broad SMARTS) is 1. The van der Waals surface area contributed by atoms with Gasteiger partial charge in [0.25, 0.3) is 0 Å². The van der Waals surface area contributed by atoms with Gasteiger partial charge in [-0.15, -0.1) is 12.4 Å². The number of hydrogen-bond donors (Lipinski definition) is 1. The number of nitrogens with zero attached hydrogens (tertiary/aromatic N) is 1. The van der Waals surface area contributed by atoms with Crippen LogP contribution in [-0.2, 0) is 4.79 Å². The molecule has 2 fully saturated rings. The number of carboxylic acids is 1. The van der Waals surface area contributed by atoms with E-state index in [1.165, 1.54) is 0 Å². The van der Waals surface area contributed by atoms with Crippen LogP contribution in [0.3, 0.4) is 0 Å². The summed E-state index contributed by atoms with van der Waals surface area (Å²) in [6.45, 7) is 2.15. The van der Waals surface area contributed by atoms with Crippen molar-refractivity contribution in [1.82, 2.24) is 4.90 Å². The molecule has 0 bridgehead atoms. The van der Waals surface area contributed by atoms with Crippen LogP contribution < -0.4 is 0 Å². The van der Waals surface area contributed by atoms with Crippen LogP contribution in [0.25, 0.3) is 0 Å². The minimum atomic E-state index is -0.584. The second-order valence-corrected chi connectivity index (χ2v) is 4.26. The lowest BCUT2D eigenvalue weighted by Gasteiger charge is -2.29. The number of aliphatic carboxylic acids is 1. The summed E-state index contributed by atoms with van der Waals surface area (Å²) in [6, 6.07) is 0. The quantitative estimate of drug-likeness (QED) is 0.700. The third-order valence-corrected chi connectivity index (χ3v) is 3.47. The first-order valence-corrected chi connectivity index (χ1v) is 4.55. The lowest BCUT2D eigenvalue weighted by molar-refractivity contribution is -0.139. The smallest absolute Gasteiger partial charge is 0.307 e. The Balaban J connectivity index is 0.000000845. The zero-order chi connectivity index (χ0) is 8.77. The third kappa shape index (κ3) is 1.81. The van der Waals surface area contributed by atoms with Crippen LogP contribution >= 0.6 is 12.4 Å². The molecule has 1 N–H and O–H groups in total. The van der Waals surface area contributed by atoms with Gasteiger partial charge in [-0.3, -0.25) is 4.79 Å². The Morgan fingerprint density at radius 3 is 2.38 bits per heavy atom. The summed E-state index contributed by atoms with van der Waals surface area (Å²) in [5.74, 6) is -0.606. The Morgan fingerprint density at radius 1 is 1.46 bits per heavy atom. The van der Waals surface area contributed by atoms with Crippen LogP contribution in [0.5, 0.6) is 0 Å². The van der Waals surface area contributed by atoms with E-state index < -0.39 is 5.97 Å². The van der Waals surface area contributed by atoms with Gasteiger partial charge in [0.1, 0.15) is 0 Å². The number of likely N-dealkylation sites (tertiary alicyclic amines) is 1. The lowest BCUT2D eigenvalue weighted by atomic mass is 9.91. The van der Waals surface area contributed by atoms with Crippen molar-refractivity contribution in [2.45, 2.75) is 19.3 Å². The largest absolute Gasteiger partial charge is 0.481 e. The standard InChI is InChI=1S/C9H15NO2.ClH/c1-10-4-2-9(3-5-10)6-7(9)8(11)12;/h7H,2-6H2,1H3,(H,11,12);1H. The van der Waals surface area contributed by atoms with Crippen LogP contribution in [0.4, 0.5) is 0 Å². The van der Waals surface area contributed by atoms with Gasteiger partial charge < -0.3 is 10.0 Å². The highest BCUT2D eigenvalue weighted by Crippen LogP contribution is 2.59. The Bertz CT molecular complexity index is 212. The van der Waals surface area contributed by atoms with Gasteiger partial charge in [0, 0.05) is 0 Å². The lowest BCUT2D eigenvalue weighted by Crippen LogP contribution is -2.32. The van der Waals surface area contributed by atoms with Gasteiger partial charge in [0.15, 0.2) is 0 Å². The highest BCUT2D eigenvalue weighted by atomic mass is 35.5. The van der Waals surface area contributed by atoms with Gasteiger partial charge in [0.2, 0.25) is 0 Å². The molecule has 1 aliphatic heterocycles. The second-order valence-electron chi connectivity index (χ2n) is 4.26. The molecule has 1 saturated heterocycles. The van der Waals surface area contributed by atoms with Crippen molar-refractivity contribution in [2.75, 3.05) is 20.1 Å². The van der Waals surface area contributed by atoms with Crippen molar-refractivity contribution in [3.63, 3.8) is 0 Å². The Hall–Kier alpha value is -0.280. The van der Waals surface area contributed by atoms with E-state index in [-0.39, 0.29) is 23.7 Å². The molecule has 76 valence electrons. The summed E-state index contributed by atoms with van der Waals surface area (Å²) in [5.41, 5.74) is 0.207. The van der Waals surface area contributed by atoms with E-state index >= 15 is 0 Å². The summed E-state index contributed by atoms with van der Waals surface area (Å²) in [4.78, 5) is 13.0. The molecule has 0 aromatic carbocycles. The van der Waals surface area contributed by atoms with Crippen molar-refractivity contribution in [3.05, 3.63) is 0 Å². The predicted molar refractivity (Wildman–Crippen MR) is 52.2 cm³/mol. The van der Waals surface area contributed by atoms with E-state index in [1.807, 2.05) is 0 Å². The Kier molecular flexibility index (Phi) is 2.88. The molecule has 2 aliphatic rings. The predicted octanol–water partition coefficient (Wildman–Crippen LogP) is 1.22. The molecule has 1 heterocycles. The zero-order valence-electron chi connectivity index (χ0n) is 7.82. The minimum Gasteiger partial charge on any atom is -0.481 e. The molecule has 0 amide bonds. The Morgan fingerprint density at radius 2 is 2.00 bits per heavy atom. The fourth-order valence-corrected chi connectivity index (χ4v) is 2.31. The molecule has 3 nitrogen and oxygen atoms in total. The molecule has 2 rings (SSSR count). The number of hydrogen-bond acceptors (Lipinski definition) is 2. The van der Waals surface area contributed by atoms with E-state index in [0.717, 1.165) is 32.4 Å². The van der Waals surface area contributed by atoms with Crippen LogP contribution in [0.1, 0.15) is 19.3 Å². The number of piperidine rings is 1. The van der Waals surface area contributed by atoms with Crippen molar-refractivity contribution in [2.24, 2.45) is 11.3 Å². The molecular weight excluding hydrogens is 190 g/mol. The molecule has 0 aromatic heterocycles. The molecule has 0 radical (unpaired) electrons. The molecule has 1 saturated carbocycles. The van der Waals surface area contributed by atoms with E-state index in [9.17, 15) is 4.79 Å². The number of rotatable bonds is 1. The fourth-order valence-electron chi connectivity index (χ4n) is 2.31. The normalized spacial score (nSPS) is 31.0. The second kappa shape index (κ2) is 3.46. The number of carbonyl (C=O) groups is 1. The zero-order valence-corrected chi connectivity index (χ0v) is 8.64. The maximum absolute atomic E-state index is 10.7. The highest BCUT2D eigenvalue weighted by Gasteiger charge is 2.58. The molecule has 1 atom stereocenters. The van der Waals surface area contributed by atoms with Gasteiger partial charge in [0.05, 0.1) is 5.92 Å². The summed E-state index contributed by atoms with van der Waals surface area (Å²) in [5, 5.41) is 8.82. The SMILES string of the molecule is CN1CCC2(CC1)CC2C(=O)O.Cl. The summed E-state index contributed by atoms with van der Waals surface area (Å²) in [6.07, 6.45) is 3.09. The average molecular weight is 206 g/mol. The van der Waals surface area contributed by atoms with Gasteiger partial charge in [-0.2, -0.15) is 0 Å². The van der Waals surface area contributed by atoms with Crippen LogP contribution in [0.15, 0.2) is 0 Å². The topological polar surface area (TPSA) is 40.5 Å². The Labute approximate surface area is 84.5 Å². The number of halogens is 1. The first-order chi connectivity index (χ1) is 5.64. The summed E-state index contributed by atoms with van der Waals surface area (Å²) < 4.78 is 0. The molecule has 1 unspecified atom stereocenters. The first kappa shape index (κ1) is 10.8. The molecule has 0 aromatic rings. The van der Waals surface area contributed by atoms with Gasteiger partial charge in [-0.25, -0.2) is 0 Å². The molecule has 1 aliphatic carbocycles. The molecule has 13 heavy (non-hydrogen) atoms. The summed E-state index contributed by atoms with van der Waals surface area (Å²) in [7, 11) is 2.10. The fraction of sp³-hybridized carbons (Fsp3) is 0.889. The molecule has 4 heteroatoms. The van der Waals surface area contributed by atoms with Crippen molar-refractivity contribution in [3.8, 4) is 0 Å². The maximum atomic E-state index is 10.7. The van der Waals surface area contributed by atoms with Crippen LogP contribution in [0, 0.1) is 11.3 Å². The highest BCUT2D eigenvalue weighted by molar-refractivity contribution is 5.85. The van der Waals surface area contributed by atoms with Crippen molar-refractivity contribution in [1.29, 1.82) is 0 Å². The maximum Gasteiger partial charge on any atom is 0.307 e. The van der Waals surface area contributed by atoms with E-state index in [1.54, 1.807) is 0 Å². The van der Waals surface area contributed by atoms with Crippen LogP contribution in [0.2, 0.25) is 0 Å². The van der Waals surface area contributed by atoms with Crippen molar-refractivity contribution >= 4 is 18.4 Å². The van der Waals surface area contributed by atoms with Gasteiger partial charge in [-0.05, 0) is 44.8 Å². The molecule has 1 spiro atoms. The monoisotopic (exact) mass is 205 g/mol. The van der Waals surface area contributed by atoms with E-state index in [4.69, 9.17) is 5.11 Å². The van der Waals surface area contributed by atoms with E-state index in [2.05, 4.69) is 11.9 Å². The minimum absolute atomic E-state index is 0. The van der Waals surface area contributed by atoms with E-state index in [0.29, 0.717) is 0 Å². The van der Waals surface area contributed by atoms with Gasteiger partial charge >= 0.3 is 5.97 Å². The van der Waals surface area contributed by atoms with Crippen LogP contribution in [-0.4, -0.2) is 36.1 Å². The molecular formula is C9H16ClNO2. The summed E-state index contributed by atoms with van der Waals surface area (Å²) >= 11 is 0. The van der Waals surface area contributed by atoms with Gasteiger partial charge in [-0.1, -0.05) is 0 Å². The average Bonchev–Trinajstić information content (AvgIpc) is 2.72. The third-order valence-electron chi connectivity index (χ3n) is 3.47.